The number of hydrogen-bond acceptors (Lipinski definition) is 4. The van der Waals surface area contributed by atoms with E-state index in [1.807, 2.05) is 0 Å². The van der Waals surface area contributed by atoms with Crippen LogP contribution in [0.25, 0.3) is 0 Å². The lowest BCUT2D eigenvalue weighted by Gasteiger charge is -2.37. The third-order valence-electron chi connectivity index (χ3n) is 2.57. The minimum absolute atomic E-state index is 0. The smallest absolute Gasteiger partial charge is 0.236 e. The first-order chi connectivity index (χ1) is 6.30. The van der Waals surface area contributed by atoms with Crippen LogP contribution in [-0.2, 0) is 14.6 Å². The molecule has 0 saturated carbocycles. The molecule has 0 bridgehead atoms. The Morgan fingerprint density at radius 1 is 1.47 bits per heavy atom. The molecule has 1 heterocycles. The van der Waals surface area contributed by atoms with Gasteiger partial charge in [0.2, 0.25) is 5.91 Å². The summed E-state index contributed by atoms with van der Waals surface area (Å²) in [7, 11) is -3.07. The van der Waals surface area contributed by atoms with Gasteiger partial charge in [-0.15, -0.1) is 12.4 Å². The monoisotopic (exact) mass is 256 g/mol. The molecule has 15 heavy (non-hydrogen) atoms. The minimum Gasteiger partial charge on any atom is -0.339 e. The zero-order chi connectivity index (χ0) is 11.0. The van der Waals surface area contributed by atoms with E-state index in [1.54, 1.807) is 13.8 Å². The van der Waals surface area contributed by atoms with Crippen molar-refractivity contribution in [2.45, 2.75) is 18.6 Å². The summed E-state index contributed by atoms with van der Waals surface area (Å²) in [6.45, 7) is 3.72. The predicted molar refractivity (Wildman–Crippen MR) is 60.7 cm³/mol. The second-order valence-electron chi connectivity index (χ2n) is 4.10. The molecule has 0 aromatic rings. The third-order valence-corrected chi connectivity index (χ3v) is 5.10. The zero-order valence-corrected chi connectivity index (χ0v) is 10.5. The molecule has 0 spiro atoms. The first-order valence-corrected chi connectivity index (χ1v) is 6.15. The number of nitrogens with two attached hydrogens (primary N) is 1. The van der Waals surface area contributed by atoms with Crippen LogP contribution in [0.15, 0.2) is 0 Å². The number of sulfone groups is 1. The fraction of sp³-hybridized carbons (Fsp3) is 0.875. The van der Waals surface area contributed by atoms with Crippen molar-refractivity contribution in [3.63, 3.8) is 0 Å². The van der Waals surface area contributed by atoms with Crippen LogP contribution in [0.2, 0.25) is 0 Å². The number of rotatable bonds is 1. The quantitative estimate of drug-likeness (QED) is 0.680. The summed E-state index contributed by atoms with van der Waals surface area (Å²) in [4.78, 5) is 12.8. The molecule has 90 valence electrons. The Hall–Kier alpha value is -0.330. The Morgan fingerprint density at radius 3 is 2.40 bits per heavy atom. The van der Waals surface area contributed by atoms with Crippen LogP contribution >= 0.6 is 12.4 Å². The Balaban J connectivity index is 0.00000196. The van der Waals surface area contributed by atoms with Crippen LogP contribution in [0.3, 0.4) is 0 Å². The minimum atomic E-state index is -3.07. The number of halogens is 1. The van der Waals surface area contributed by atoms with E-state index < -0.39 is 14.6 Å². The summed E-state index contributed by atoms with van der Waals surface area (Å²) in [5, 5.41) is 0. The van der Waals surface area contributed by atoms with Crippen molar-refractivity contribution < 1.29 is 13.2 Å². The molecule has 7 heteroatoms. The van der Waals surface area contributed by atoms with Gasteiger partial charge in [0.05, 0.1) is 17.0 Å². The first-order valence-electron chi connectivity index (χ1n) is 4.50. The van der Waals surface area contributed by atoms with E-state index in [0.717, 1.165) is 0 Å². The molecule has 2 N–H and O–H groups in total. The van der Waals surface area contributed by atoms with E-state index in [4.69, 9.17) is 5.73 Å². The van der Waals surface area contributed by atoms with Gasteiger partial charge in [-0.25, -0.2) is 8.42 Å². The molecule has 1 amide bonds. The van der Waals surface area contributed by atoms with Gasteiger partial charge in [0.25, 0.3) is 0 Å². The van der Waals surface area contributed by atoms with E-state index in [-0.39, 0.29) is 43.7 Å². The highest BCUT2D eigenvalue weighted by Crippen LogP contribution is 2.23. The molecule has 1 saturated heterocycles. The Bertz CT molecular complexity index is 340. The Labute approximate surface area is 96.3 Å². The summed E-state index contributed by atoms with van der Waals surface area (Å²) in [6.07, 6.45) is 0. The lowest BCUT2D eigenvalue weighted by atomic mass is 10.2. The average molecular weight is 257 g/mol. The van der Waals surface area contributed by atoms with Crippen LogP contribution in [0.5, 0.6) is 0 Å². The summed E-state index contributed by atoms with van der Waals surface area (Å²) in [5.74, 6) is -0.154. The van der Waals surface area contributed by atoms with Crippen molar-refractivity contribution in [1.29, 1.82) is 0 Å². The highest BCUT2D eigenvalue weighted by atomic mass is 35.5. The van der Waals surface area contributed by atoms with E-state index in [2.05, 4.69) is 0 Å². The van der Waals surface area contributed by atoms with Crippen molar-refractivity contribution in [1.82, 2.24) is 4.90 Å². The van der Waals surface area contributed by atoms with Gasteiger partial charge in [0.1, 0.15) is 0 Å². The molecule has 1 fully saturated rings. The molecule has 5 nitrogen and oxygen atoms in total. The van der Waals surface area contributed by atoms with Crippen molar-refractivity contribution >= 4 is 28.2 Å². The second kappa shape index (κ2) is 4.67. The molecule has 0 unspecified atom stereocenters. The van der Waals surface area contributed by atoms with Crippen LogP contribution < -0.4 is 5.73 Å². The lowest BCUT2D eigenvalue weighted by Crippen LogP contribution is -2.55. The van der Waals surface area contributed by atoms with E-state index >= 15 is 0 Å². The molecule has 0 atom stereocenters. The molecule has 0 aromatic heterocycles. The van der Waals surface area contributed by atoms with Gasteiger partial charge < -0.3 is 10.6 Å². The Morgan fingerprint density at radius 2 is 2.00 bits per heavy atom. The third kappa shape index (κ3) is 2.83. The lowest BCUT2D eigenvalue weighted by molar-refractivity contribution is -0.130. The average Bonchev–Trinajstić information content (AvgIpc) is 2.08. The summed E-state index contributed by atoms with van der Waals surface area (Å²) in [5.41, 5.74) is 5.22. The topological polar surface area (TPSA) is 80.5 Å². The summed E-state index contributed by atoms with van der Waals surface area (Å²) < 4.78 is 22.3. The summed E-state index contributed by atoms with van der Waals surface area (Å²) >= 11 is 0. The normalized spacial score (nSPS) is 23.0. The highest BCUT2D eigenvalue weighted by molar-refractivity contribution is 7.92. The Kier molecular flexibility index (Phi) is 4.57. The maximum Gasteiger partial charge on any atom is 0.236 e. The molecule has 0 aliphatic carbocycles. The van der Waals surface area contributed by atoms with Crippen molar-refractivity contribution in [3.8, 4) is 0 Å². The van der Waals surface area contributed by atoms with Gasteiger partial charge in [-0.1, -0.05) is 0 Å². The van der Waals surface area contributed by atoms with Gasteiger partial charge in [-0.05, 0) is 13.8 Å². The molecule has 1 aliphatic rings. The van der Waals surface area contributed by atoms with Gasteiger partial charge in [-0.2, -0.15) is 0 Å². The van der Waals surface area contributed by atoms with Gasteiger partial charge >= 0.3 is 0 Å². The number of carbonyl (C=O) groups excluding carboxylic acids is 1. The van der Waals surface area contributed by atoms with E-state index in [0.29, 0.717) is 0 Å². The van der Waals surface area contributed by atoms with Crippen LogP contribution in [0, 0.1) is 0 Å². The first kappa shape index (κ1) is 14.7. The zero-order valence-electron chi connectivity index (χ0n) is 8.89. The standard InChI is InChI=1S/C8H16N2O3S.ClH/c1-8(2)6-10(7(11)5-9)3-4-14(8,12)13;/h3-6,9H2,1-2H3;1H. The van der Waals surface area contributed by atoms with Crippen LogP contribution in [-0.4, -0.2) is 49.4 Å². The molecule has 0 radical (unpaired) electrons. The fourth-order valence-electron chi connectivity index (χ4n) is 1.49. The maximum absolute atomic E-state index is 11.6. The van der Waals surface area contributed by atoms with Gasteiger partial charge in [0.15, 0.2) is 9.84 Å². The largest absolute Gasteiger partial charge is 0.339 e. The number of carbonyl (C=O) groups is 1. The van der Waals surface area contributed by atoms with Crippen LogP contribution in [0.4, 0.5) is 0 Å². The maximum atomic E-state index is 11.6. The summed E-state index contributed by atoms with van der Waals surface area (Å²) in [6, 6.07) is 0. The van der Waals surface area contributed by atoms with E-state index in [9.17, 15) is 13.2 Å². The second-order valence-corrected chi connectivity index (χ2v) is 6.84. The molecule has 0 aromatic carbocycles. The molecule has 1 aliphatic heterocycles. The molecular weight excluding hydrogens is 240 g/mol. The van der Waals surface area contributed by atoms with Crippen molar-refractivity contribution in [2.24, 2.45) is 5.73 Å². The van der Waals surface area contributed by atoms with Gasteiger partial charge in [-0.3, -0.25) is 4.79 Å². The fourth-order valence-corrected chi connectivity index (χ4v) is 2.85. The van der Waals surface area contributed by atoms with Crippen molar-refractivity contribution in [3.05, 3.63) is 0 Å². The highest BCUT2D eigenvalue weighted by Gasteiger charge is 2.41. The SMILES string of the molecule is CC1(C)CN(C(=O)CN)CCS1(=O)=O.Cl. The van der Waals surface area contributed by atoms with E-state index in [1.165, 1.54) is 4.90 Å². The molecular formula is C8H17ClN2O3S. The predicted octanol–water partition coefficient (Wildman–Crippen LogP) is -0.597. The number of nitrogens with zero attached hydrogens (tertiary/aromatic N) is 1. The number of hydrogen-bond donors (Lipinski definition) is 1. The van der Waals surface area contributed by atoms with Crippen LogP contribution in [0.1, 0.15) is 13.8 Å². The van der Waals surface area contributed by atoms with Crippen molar-refractivity contribution in [2.75, 3.05) is 25.4 Å². The van der Waals surface area contributed by atoms with Gasteiger partial charge in [0, 0.05) is 13.1 Å². The molecule has 1 rings (SSSR count). The number of amides is 1.